The molecule has 0 saturated carbocycles. The largest absolute Gasteiger partial charge is 0.465 e. The Morgan fingerprint density at radius 3 is 2.62 bits per heavy atom. The number of rotatable bonds is 3. The van der Waals surface area contributed by atoms with Gasteiger partial charge in [0.1, 0.15) is 0 Å². The Morgan fingerprint density at radius 1 is 1.25 bits per heavy atom. The number of ether oxygens (including phenoxy) is 1. The number of nitrogens with zero attached hydrogens (tertiary/aromatic N) is 2. The zero-order valence-corrected chi connectivity index (χ0v) is 14.0. The summed E-state index contributed by atoms with van der Waals surface area (Å²) >= 11 is 5.88. The number of benzene rings is 1. The molecule has 6 heteroatoms. The summed E-state index contributed by atoms with van der Waals surface area (Å²) in [5, 5.41) is 1.03. The molecular weight excluding hydrogens is 328 g/mol. The number of carbonyl (C=O) groups excluding carboxylic acids is 1. The molecule has 1 aromatic carbocycles. The number of esters is 1. The van der Waals surface area contributed by atoms with Crippen LogP contribution in [-0.4, -0.2) is 22.6 Å². The fraction of sp³-hybridized carbons (Fsp3) is 0.167. The normalized spacial score (nSPS) is 10.8. The van der Waals surface area contributed by atoms with E-state index in [0.29, 0.717) is 33.7 Å². The van der Waals surface area contributed by atoms with Gasteiger partial charge in [0.25, 0.3) is 5.56 Å². The highest BCUT2D eigenvalue weighted by molar-refractivity contribution is 6.30. The first-order chi connectivity index (χ1) is 11.5. The molecule has 0 N–H and O–H groups in total. The molecule has 3 aromatic rings. The second-order valence-corrected chi connectivity index (χ2v) is 5.86. The second-order valence-electron chi connectivity index (χ2n) is 5.42. The average molecular weight is 343 g/mol. The van der Waals surface area contributed by atoms with Crippen molar-refractivity contribution in [2.45, 2.75) is 13.5 Å². The molecule has 3 rings (SSSR count). The SMILES string of the molecule is COC(=O)c1cc2c(=O)n(Cc3ccc(Cl)cc3)ccc2nc1C. The standard InChI is InChI=1S/C18H15ClN2O3/c1-11-14(18(23)24-2)9-15-16(20-11)7-8-21(17(15)22)10-12-3-5-13(19)6-4-12/h3-9H,10H2,1-2H3. The molecule has 0 saturated heterocycles. The van der Waals surface area contributed by atoms with Gasteiger partial charge in [0.05, 0.1) is 35.8 Å². The monoisotopic (exact) mass is 342 g/mol. The first-order valence-electron chi connectivity index (χ1n) is 7.33. The molecule has 0 aliphatic rings. The third-order valence-corrected chi connectivity index (χ3v) is 4.07. The zero-order valence-electron chi connectivity index (χ0n) is 13.2. The maximum atomic E-state index is 12.7. The molecule has 0 spiro atoms. The summed E-state index contributed by atoms with van der Waals surface area (Å²) in [7, 11) is 1.30. The van der Waals surface area contributed by atoms with Crippen LogP contribution in [0.1, 0.15) is 21.6 Å². The van der Waals surface area contributed by atoms with Crippen molar-refractivity contribution >= 4 is 28.5 Å². The molecule has 0 radical (unpaired) electrons. The van der Waals surface area contributed by atoms with Gasteiger partial charge in [-0.2, -0.15) is 0 Å². The van der Waals surface area contributed by atoms with Crippen molar-refractivity contribution in [1.29, 1.82) is 0 Å². The van der Waals surface area contributed by atoms with Crippen molar-refractivity contribution in [3.05, 3.63) is 74.8 Å². The van der Waals surface area contributed by atoms with Crippen LogP contribution in [0.25, 0.3) is 10.9 Å². The zero-order chi connectivity index (χ0) is 17.3. The fourth-order valence-electron chi connectivity index (χ4n) is 2.53. The summed E-state index contributed by atoms with van der Waals surface area (Å²) < 4.78 is 6.32. The lowest BCUT2D eigenvalue weighted by Gasteiger charge is -2.09. The molecule has 122 valence electrons. The van der Waals surface area contributed by atoms with E-state index in [1.165, 1.54) is 7.11 Å². The molecule has 0 aliphatic carbocycles. The maximum absolute atomic E-state index is 12.7. The number of methoxy groups -OCH3 is 1. The van der Waals surface area contributed by atoms with Gasteiger partial charge in [-0.05, 0) is 36.8 Å². The Bertz CT molecular complexity index is 978. The number of halogens is 1. The third-order valence-electron chi connectivity index (χ3n) is 3.82. The van der Waals surface area contributed by atoms with Crippen molar-refractivity contribution in [3.63, 3.8) is 0 Å². The summed E-state index contributed by atoms with van der Waals surface area (Å²) in [6.07, 6.45) is 1.70. The first-order valence-corrected chi connectivity index (χ1v) is 7.71. The van der Waals surface area contributed by atoms with E-state index in [0.717, 1.165) is 5.56 Å². The fourth-order valence-corrected chi connectivity index (χ4v) is 2.66. The smallest absolute Gasteiger partial charge is 0.339 e. The maximum Gasteiger partial charge on any atom is 0.339 e. The van der Waals surface area contributed by atoms with E-state index in [4.69, 9.17) is 16.3 Å². The summed E-state index contributed by atoms with van der Waals surface area (Å²) in [4.78, 5) is 28.9. The lowest BCUT2D eigenvalue weighted by atomic mass is 10.1. The van der Waals surface area contributed by atoms with E-state index in [-0.39, 0.29) is 5.56 Å². The third kappa shape index (κ3) is 3.03. The molecule has 5 nitrogen and oxygen atoms in total. The number of pyridine rings is 2. The topological polar surface area (TPSA) is 61.2 Å². The first kappa shape index (κ1) is 16.2. The van der Waals surface area contributed by atoms with Crippen LogP contribution in [-0.2, 0) is 11.3 Å². The number of carbonyl (C=O) groups is 1. The van der Waals surface area contributed by atoms with E-state index in [1.807, 2.05) is 12.1 Å². The molecule has 24 heavy (non-hydrogen) atoms. The van der Waals surface area contributed by atoms with Crippen molar-refractivity contribution in [2.24, 2.45) is 0 Å². The van der Waals surface area contributed by atoms with E-state index in [2.05, 4.69) is 4.98 Å². The van der Waals surface area contributed by atoms with Crippen LogP contribution in [0, 0.1) is 6.92 Å². The van der Waals surface area contributed by atoms with Crippen LogP contribution in [0.5, 0.6) is 0 Å². The van der Waals surface area contributed by atoms with Gasteiger partial charge in [0, 0.05) is 11.2 Å². The predicted octanol–water partition coefficient (Wildman–Crippen LogP) is 3.19. The number of aryl methyl sites for hydroxylation is 1. The molecule has 0 bridgehead atoms. The number of hydrogen-bond donors (Lipinski definition) is 0. The highest BCUT2D eigenvalue weighted by Crippen LogP contribution is 2.15. The van der Waals surface area contributed by atoms with Crippen LogP contribution < -0.4 is 5.56 Å². The minimum absolute atomic E-state index is 0.208. The van der Waals surface area contributed by atoms with Crippen molar-refractivity contribution in [1.82, 2.24) is 9.55 Å². The second kappa shape index (κ2) is 6.45. The van der Waals surface area contributed by atoms with E-state index < -0.39 is 5.97 Å². The van der Waals surface area contributed by atoms with Gasteiger partial charge in [0.2, 0.25) is 0 Å². The highest BCUT2D eigenvalue weighted by Gasteiger charge is 2.14. The van der Waals surface area contributed by atoms with E-state index in [1.54, 1.807) is 42.0 Å². The van der Waals surface area contributed by atoms with Crippen LogP contribution in [0.15, 0.2) is 47.4 Å². The minimum Gasteiger partial charge on any atom is -0.465 e. The van der Waals surface area contributed by atoms with Crippen LogP contribution in [0.4, 0.5) is 0 Å². The van der Waals surface area contributed by atoms with Crippen LogP contribution in [0.3, 0.4) is 0 Å². The molecule has 0 fully saturated rings. The summed E-state index contributed by atoms with van der Waals surface area (Å²) in [6, 6.07) is 10.6. The van der Waals surface area contributed by atoms with Gasteiger partial charge >= 0.3 is 5.97 Å². The lowest BCUT2D eigenvalue weighted by molar-refractivity contribution is 0.0599. The molecule has 0 unspecified atom stereocenters. The summed E-state index contributed by atoms with van der Waals surface area (Å²) in [5.41, 5.74) is 2.13. The molecule has 0 aliphatic heterocycles. The Labute approximate surface area is 143 Å². The van der Waals surface area contributed by atoms with Crippen molar-refractivity contribution < 1.29 is 9.53 Å². The molecule has 0 atom stereocenters. The Hall–Kier alpha value is -2.66. The lowest BCUT2D eigenvalue weighted by Crippen LogP contribution is -2.21. The number of hydrogen-bond acceptors (Lipinski definition) is 4. The Kier molecular flexibility index (Phi) is 4.36. The van der Waals surface area contributed by atoms with Crippen molar-refractivity contribution in [2.75, 3.05) is 7.11 Å². The number of fused-ring (bicyclic) bond motifs is 1. The minimum atomic E-state index is -0.505. The number of aromatic nitrogens is 2. The van der Waals surface area contributed by atoms with Crippen molar-refractivity contribution in [3.8, 4) is 0 Å². The van der Waals surface area contributed by atoms with Gasteiger partial charge in [-0.25, -0.2) is 4.79 Å². The predicted molar refractivity (Wildman–Crippen MR) is 92.6 cm³/mol. The molecule has 2 heterocycles. The van der Waals surface area contributed by atoms with Gasteiger partial charge in [-0.15, -0.1) is 0 Å². The quantitative estimate of drug-likeness (QED) is 0.686. The Morgan fingerprint density at radius 2 is 1.96 bits per heavy atom. The molecule has 0 amide bonds. The van der Waals surface area contributed by atoms with Gasteiger partial charge in [-0.3, -0.25) is 9.78 Å². The highest BCUT2D eigenvalue weighted by atomic mass is 35.5. The molecule has 2 aromatic heterocycles. The van der Waals surface area contributed by atoms with Crippen LogP contribution >= 0.6 is 11.6 Å². The molecular formula is C18H15ClN2O3. The van der Waals surface area contributed by atoms with E-state index in [9.17, 15) is 9.59 Å². The van der Waals surface area contributed by atoms with Gasteiger partial charge in [0.15, 0.2) is 0 Å². The van der Waals surface area contributed by atoms with Gasteiger partial charge < -0.3 is 9.30 Å². The Balaban J connectivity index is 2.09. The van der Waals surface area contributed by atoms with E-state index >= 15 is 0 Å². The summed E-state index contributed by atoms with van der Waals surface area (Å²) in [5.74, 6) is -0.505. The van der Waals surface area contributed by atoms with Crippen LogP contribution in [0.2, 0.25) is 5.02 Å². The summed E-state index contributed by atoms with van der Waals surface area (Å²) in [6.45, 7) is 2.12. The van der Waals surface area contributed by atoms with Gasteiger partial charge in [-0.1, -0.05) is 23.7 Å². The average Bonchev–Trinajstić information content (AvgIpc) is 2.58.